The lowest BCUT2D eigenvalue weighted by atomic mass is 9.86. The molecular formula is C24H25N3O2. The Labute approximate surface area is 170 Å². The fourth-order valence-corrected chi connectivity index (χ4v) is 4.86. The molecule has 148 valence electrons. The van der Waals surface area contributed by atoms with Gasteiger partial charge in [0.15, 0.2) is 0 Å². The Kier molecular flexibility index (Phi) is 4.19. The number of fused-ring (bicyclic) bond motifs is 4. The zero-order valence-electron chi connectivity index (χ0n) is 16.8. The van der Waals surface area contributed by atoms with Gasteiger partial charge < -0.3 is 14.8 Å². The van der Waals surface area contributed by atoms with Crippen molar-refractivity contribution in [3.05, 3.63) is 71.4 Å². The van der Waals surface area contributed by atoms with E-state index in [1.165, 1.54) is 0 Å². The standard InChI is InChI=1S/C24H25N3O2/c1-3-15(2)26-14-21(28)27-20(24(26)29)13-18-17-11-7-8-12-19(17)25-22(18)23(27)16-9-5-4-6-10-16/h4-12,15,20,23,25H,3,13-14H2,1-2H3/t15-,20-,23-/m1/s1. The van der Waals surface area contributed by atoms with Gasteiger partial charge in [-0.05, 0) is 30.5 Å². The first-order chi connectivity index (χ1) is 14.1. The SMILES string of the molecule is CC[C@@H](C)N1CC(=O)N2[C@H](c3ccccc3)c3[nH]c4ccccc4c3C[C@@H]2C1=O. The highest BCUT2D eigenvalue weighted by molar-refractivity contribution is 5.97. The molecule has 0 spiro atoms. The van der Waals surface area contributed by atoms with Crippen molar-refractivity contribution in [2.45, 2.75) is 44.8 Å². The number of amides is 2. The monoisotopic (exact) mass is 387 g/mol. The molecule has 3 heterocycles. The van der Waals surface area contributed by atoms with Crippen LogP contribution >= 0.6 is 0 Å². The van der Waals surface area contributed by atoms with E-state index in [9.17, 15) is 9.59 Å². The molecule has 5 nitrogen and oxygen atoms in total. The number of hydrogen-bond donors (Lipinski definition) is 1. The number of para-hydroxylation sites is 1. The van der Waals surface area contributed by atoms with Gasteiger partial charge in [-0.25, -0.2) is 0 Å². The predicted molar refractivity (Wildman–Crippen MR) is 112 cm³/mol. The number of benzene rings is 2. The molecule has 2 amide bonds. The van der Waals surface area contributed by atoms with Gasteiger partial charge in [0, 0.05) is 29.1 Å². The highest BCUT2D eigenvalue weighted by Crippen LogP contribution is 2.42. The molecule has 29 heavy (non-hydrogen) atoms. The first kappa shape index (κ1) is 18.0. The lowest BCUT2D eigenvalue weighted by Gasteiger charge is -2.48. The van der Waals surface area contributed by atoms with E-state index in [4.69, 9.17) is 0 Å². The molecule has 5 rings (SSSR count). The Morgan fingerprint density at radius 1 is 1.07 bits per heavy atom. The Morgan fingerprint density at radius 3 is 2.55 bits per heavy atom. The summed E-state index contributed by atoms with van der Waals surface area (Å²) in [4.78, 5) is 34.0. The van der Waals surface area contributed by atoms with E-state index in [1.807, 2.05) is 54.3 Å². The van der Waals surface area contributed by atoms with E-state index in [0.717, 1.165) is 34.1 Å². The highest BCUT2D eigenvalue weighted by Gasteiger charge is 2.48. The summed E-state index contributed by atoms with van der Waals surface area (Å²) < 4.78 is 0. The number of carbonyl (C=O) groups is 2. The summed E-state index contributed by atoms with van der Waals surface area (Å²) in [7, 11) is 0. The van der Waals surface area contributed by atoms with Crippen molar-refractivity contribution in [2.24, 2.45) is 0 Å². The summed E-state index contributed by atoms with van der Waals surface area (Å²) in [6.07, 6.45) is 1.40. The average molecular weight is 387 g/mol. The maximum Gasteiger partial charge on any atom is 0.246 e. The molecule has 0 saturated carbocycles. The minimum atomic E-state index is -0.456. The quantitative estimate of drug-likeness (QED) is 0.746. The van der Waals surface area contributed by atoms with Gasteiger partial charge in [0.05, 0.1) is 6.04 Å². The molecule has 1 saturated heterocycles. The maximum absolute atomic E-state index is 13.5. The first-order valence-corrected chi connectivity index (χ1v) is 10.4. The van der Waals surface area contributed by atoms with Crippen molar-refractivity contribution in [2.75, 3.05) is 6.54 Å². The summed E-state index contributed by atoms with van der Waals surface area (Å²) in [5.41, 5.74) is 4.27. The summed E-state index contributed by atoms with van der Waals surface area (Å²) in [5.74, 6) is 0.0869. The molecule has 1 aromatic heterocycles. The summed E-state index contributed by atoms with van der Waals surface area (Å²) >= 11 is 0. The van der Waals surface area contributed by atoms with Gasteiger partial charge in [-0.2, -0.15) is 0 Å². The van der Waals surface area contributed by atoms with E-state index < -0.39 is 6.04 Å². The topological polar surface area (TPSA) is 56.4 Å². The van der Waals surface area contributed by atoms with Gasteiger partial charge in [-0.1, -0.05) is 55.5 Å². The van der Waals surface area contributed by atoms with Crippen LogP contribution in [0.25, 0.3) is 10.9 Å². The molecule has 1 N–H and O–H groups in total. The molecular weight excluding hydrogens is 362 g/mol. The second-order valence-corrected chi connectivity index (χ2v) is 8.12. The number of rotatable bonds is 3. The number of carbonyl (C=O) groups excluding carboxylic acids is 2. The van der Waals surface area contributed by atoms with Gasteiger partial charge >= 0.3 is 0 Å². The van der Waals surface area contributed by atoms with E-state index in [0.29, 0.717) is 6.42 Å². The van der Waals surface area contributed by atoms with Crippen molar-refractivity contribution in [1.82, 2.24) is 14.8 Å². The molecule has 5 heteroatoms. The predicted octanol–water partition coefficient (Wildman–Crippen LogP) is 3.65. The second-order valence-electron chi connectivity index (χ2n) is 8.12. The van der Waals surface area contributed by atoms with E-state index in [-0.39, 0.29) is 30.4 Å². The Morgan fingerprint density at radius 2 is 1.79 bits per heavy atom. The average Bonchev–Trinajstić information content (AvgIpc) is 3.13. The van der Waals surface area contributed by atoms with Crippen LogP contribution < -0.4 is 0 Å². The molecule has 2 aromatic carbocycles. The molecule has 2 aliphatic heterocycles. The molecule has 0 aliphatic carbocycles. The Balaban J connectivity index is 1.70. The maximum atomic E-state index is 13.5. The largest absolute Gasteiger partial charge is 0.356 e. The van der Waals surface area contributed by atoms with Crippen LogP contribution in [-0.2, 0) is 16.0 Å². The van der Waals surface area contributed by atoms with Crippen molar-refractivity contribution < 1.29 is 9.59 Å². The molecule has 0 radical (unpaired) electrons. The summed E-state index contributed by atoms with van der Waals surface area (Å²) in [5, 5.41) is 1.14. The Bertz CT molecular complexity index is 1090. The van der Waals surface area contributed by atoms with Gasteiger partial charge in [0.2, 0.25) is 11.8 Å². The Hall–Kier alpha value is -3.08. The third-order valence-corrected chi connectivity index (χ3v) is 6.53. The van der Waals surface area contributed by atoms with E-state index >= 15 is 0 Å². The zero-order chi connectivity index (χ0) is 20.1. The number of nitrogens with zero attached hydrogens (tertiary/aromatic N) is 2. The van der Waals surface area contributed by atoms with Crippen LogP contribution in [0.3, 0.4) is 0 Å². The van der Waals surface area contributed by atoms with Crippen molar-refractivity contribution in [3.63, 3.8) is 0 Å². The number of piperazine rings is 1. The molecule has 3 atom stereocenters. The number of nitrogens with one attached hydrogen (secondary N) is 1. The lowest BCUT2D eigenvalue weighted by molar-refractivity contribution is -0.160. The molecule has 1 fully saturated rings. The third-order valence-electron chi connectivity index (χ3n) is 6.53. The zero-order valence-corrected chi connectivity index (χ0v) is 16.8. The van der Waals surface area contributed by atoms with Crippen LogP contribution in [0.15, 0.2) is 54.6 Å². The third kappa shape index (κ3) is 2.68. The normalized spacial score (nSPS) is 22.6. The molecule has 3 aromatic rings. The molecule has 0 bridgehead atoms. The van der Waals surface area contributed by atoms with Crippen LogP contribution in [0, 0.1) is 0 Å². The van der Waals surface area contributed by atoms with Crippen molar-refractivity contribution in [3.8, 4) is 0 Å². The number of H-pyrrole nitrogens is 1. The fraction of sp³-hybridized carbons (Fsp3) is 0.333. The fourth-order valence-electron chi connectivity index (χ4n) is 4.86. The summed E-state index contributed by atoms with van der Waals surface area (Å²) in [6.45, 7) is 4.24. The van der Waals surface area contributed by atoms with Crippen LogP contribution in [0.1, 0.15) is 43.1 Å². The van der Waals surface area contributed by atoms with Gasteiger partial charge in [-0.15, -0.1) is 0 Å². The second kappa shape index (κ2) is 6.76. The van der Waals surface area contributed by atoms with Gasteiger partial charge in [0.1, 0.15) is 12.6 Å². The lowest BCUT2D eigenvalue weighted by Crippen LogP contribution is -2.64. The minimum absolute atomic E-state index is 0.0214. The van der Waals surface area contributed by atoms with Crippen LogP contribution in [0.4, 0.5) is 0 Å². The van der Waals surface area contributed by atoms with E-state index in [1.54, 1.807) is 4.90 Å². The molecule has 2 aliphatic rings. The van der Waals surface area contributed by atoms with Gasteiger partial charge in [0.25, 0.3) is 0 Å². The highest BCUT2D eigenvalue weighted by atomic mass is 16.2. The van der Waals surface area contributed by atoms with Crippen LogP contribution in [-0.4, -0.2) is 45.2 Å². The number of aromatic nitrogens is 1. The first-order valence-electron chi connectivity index (χ1n) is 10.4. The summed E-state index contributed by atoms with van der Waals surface area (Å²) in [6, 6.07) is 17.6. The molecule has 0 unspecified atom stereocenters. The van der Waals surface area contributed by atoms with E-state index in [2.05, 4.69) is 24.0 Å². The smallest absolute Gasteiger partial charge is 0.246 e. The van der Waals surface area contributed by atoms with Crippen LogP contribution in [0.2, 0.25) is 0 Å². The van der Waals surface area contributed by atoms with Crippen molar-refractivity contribution in [1.29, 1.82) is 0 Å². The van der Waals surface area contributed by atoms with Gasteiger partial charge in [-0.3, -0.25) is 9.59 Å². The van der Waals surface area contributed by atoms with Crippen molar-refractivity contribution >= 4 is 22.7 Å². The number of aromatic amines is 1. The minimum Gasteiger partial charge on any atom is -0.356 e. The number of hydrogen-bond acceptors (Lipinski definition) is 2. The van der Waals surface area contributed by atoms with Crippen LogP contribution in [0.5, 0.6) is 0 Å².